The summed E-state index contributed by atoms with van der Waals surface area (Å²) in [5.41, 5.74) is 3.96. The molecule has 1 aliphatic rings. The number of amides is 1. The predicted molar refractivity (Wildman–Crippen MR) is 125 cm³/mol. The van der Waals surface area contributed by atoms with Crippen LogP contribution in [0.25, 0.3) is 6.08 Å². The van der Waals surface area contributed by atoms with Crippen LogP contribution in [-0.4, -0.2) is 30.1 Å². The van der Waals surface area contributed by atoms with Gasteiger partial charge in [0.05, 0.1) is 7.11 Å². The SMILES string of the molecule is CC=N/C(C)=C\C.CCC.COc1cc(/C=C2\CCCN(S)C2=O)ccc1C. The zero-order chi connectivity index (χ0) is 21.5. The van der Waals surface area contributed by atoms with E-state index in [4.69, 9.17) is 4.74 Å². The summed E-state index contributed by atoms with van der Waals surface area (Å²) in [4.78, 5) is 15.9. The minimum atomic E-state index is 0.00382. The minimum Gasteiger partial charge on any atom is -0.496 e. The Labute approximate surface area is 176 Å². The van der Waals surface area contributed by atoms with Crippen molar-refractivity contribution >= 4 is 31.0 Å². The van der Waals surface area contributed by atoms with Crippen LogP contribution >= 0.6 is 12.8 Å². The summed E-state index contributed by atoms with van der Waals surface area (Å²) in [6.07, 6.45) is 8.71. The summed E-state index contributed by atoms with van der Waals surface area (Å²) < 4.78 is 6.76. The molecule has 28 heavy (non-hydrogen) atoms. The van der Waals surface area contributed by atoms with Gasteiger partial charge in [0.2, 0.25) is 0 Å². The van der Waals surface area contributed by atoms with Gasteiger partial charge in [-0.25, -0.2) is 0 Å². The Balaban J connectivity index is 0.000000612. The van der Waals surface area contributed by atoms with Crippen molar-refractivity contribution in [1.82, 2.24) is 4.31 Å². The van der Waals surface area contributed by atoms with Gasteiger partial charge in [0.15, 0.2) is 0 Å². The van der Waals surface area contributed by atoms with E-state index in [1.807, 2.05) is 58.0 Å². The average Bonchev–Trinajstić information content (AvgIpc) is 2.68. The second-order valence-corrected chi connectivity index (χ2v) is 6.94. The Bertz CT molecular complexity index is 694. The quantitative estimate of drug-likeness (QED) is 0.366. The van der Waals surface area contributed by atoms with Crippen LogP contribution in [0.5, 0.6) is 5.75 Å². The van der Waals surface area contributed by atoms with Crippen LogP contribution in [0.2, 0.25) is 0 Å². The Hall–Kier alpha value is -2.01. The van der Waals surface area contributed by atoms with Gasteiger partial charge in [0.25, 0.3) is 5.91 Å². The molecular formula is C23H36N2O2S. The molecule has 2 rings (SSSR count). The number of rotatable bonds is 3. The molecule has 1 aromatic carbocycles. The molecule has 1 amide bonds. The van der Waals surface area contributed by atoms with Gasteiger partial charge in [-0.15, -0.1) is 0 Å². The van der Waals surface area contributed by atoms with Crippen molar-refractivity contribution in [3.8, 4) is 5.75 Å². The first-order valence-corrected chi connectivity index (χ1v) is 10.2. The van der Waals surface area contributed by atoms with Crippen LogP contribution in [0.1, 0.15) is 65.0 Å². The summed E-state index contributed by atoms with van der Waals surface area (Å²) in [5.74, 6) is 0.847. The highest BCUT2D eigenvalue weighted by atomic mass is 32.1. The number of piperidine rings is 1. The van der Waals surface area contributed by atoms with E-state index in [1.165, 1.54) is 10.7 Å². The van der Waals surface area contributed by atoms with E-state index in [1.54, 1.807) is 13.3 Å². The molecule has 0 aliphatic carbocycles. The maximum atomic E-state index is 11.9. The number of aliphatic imine (C=N–C) groups is 1. The summed E-state index contributed by atoms with van der Waals surface area (Å²) in [5, 5.41) is 0. The fourth-order valence-electron chi connectivity index (χ4n) is 2.33. The van der Waals surface area contributed by atoms with Gasteiger partial charge in [-0.1, -0.05) is 51.3 Å². The number of aryl methyl sites for hydroxylation is 1. The number of benzene rings is 1. The molecule has 5 heteroatoms. The van der Waals surface area contributed by atoms with Crippen molar-refractivity contribution in [2.24, 2.45) is 4.99 Å². The molecule has 0 N–H and O–H groups in total. The van der Waals surface area contributed by atoms with Crippen LogP contribution in [-0.2, 0) is 4.79 Å². The number of hydrogen-bond donors (Lipinski definition) is 1. The van der Waals surface area contributed by atoms with Crippen molar-refractivity contribution < 1.29 is 9.53 Å². The second-order valence-electron chi connectivity index (χ2n) is 6.45. The fourth-order valence-corrected chi connectivity index (χ4v) is 2.60. The highest BCUT2D eigenvalue weighted by molar-refractivity contribution is 7.78. The Morgan fingerprint density at radius 2 is 1.96 bits per heavy atom. The molecule has 1 saturated heterocycles. The number of methoxy groups -OCH3 is 1. The van der Waals surface area contributed by atoms with Crippen molar-refractivity contribution in [1.29, 1.82) is 0 Å². The number of hydrogen-bond acceptors (Lipinski definition) is 4. The molecular weight excluding hydrogens is 368 g/mol. The lowest BCUT2D eigenvalue weighted by atomic mass is 10.0. The van der Waals surface area contributed by atoms with E-state index in [0.717, 1.165) is 47.5 Å². The van der Waals surface area contributed by atoms with Crippen LogP contribution in [0.15, 0.2) is 40.5 Å². The van der Waals surface area contributed by atoms with Crippen molar-refractivity contribution in [2.75, 3.05) is 13.7 Å². The molecule has 0 atom stereocenters. The third-order valence-electron chi connectivity index (χ3n) is 3.85. The summed E-state index contributed by atoms with van der Waals surface area (Å²) in [7, 11) is 1.65. The zero-order valence-electron chi connectivity index (χ0n) is 18.5. The normalized spacial score (nSPS) is 15.7. The van der Waals surface area contributed by atoms with E-state index in [2.05, 4.69) is 31.7 Å². The first-order valence-electron chi connectivity index (χ1n) is 9.81. The van der Waals surface area contributed by atoms with E-state index in [-0.39, 0.29) is 5.91 Å². The van der Waals surface area contributed by atoms with E-state index < -0.39 is 0 Å². The molecule has 1 fully saturated rings. The first kappa shape index (κ1) is 26.0. The number of nitrogens with zero attached hydrogens (tertiary/aromatic N) is 2. The number of carbonyl (C=O) groups is 1. The van der Waals surface area contributed by atoms with Gasteiger partial charge in [-0.05, 0) is 63.8 Å². The van der Waals surface area contributed by atoms with Crippen molar-refractivity contribution in [3.63, 3.8) is 0 Å². The topological polar surface area (TPSA) is 41.9 Å². The third kappa shape index (κ3) is 9.79. The highest BCUT2D eigenvalue weighted by Gasteiger charge is 2.20. The summed E-state index contributed by atoms with van der Waals surface area (Å²) in [6, 6.07) is 5.94. The Morgan fingerprint density at radius 1 is 1.32 bits per heavy atom. The number of ether oxygens (including phenoxy) is 1. The minimum absolute atomic E-state index is 0.00382. The van der Waals surface area contributed by atoms with Gasteiger partial charge < -0.3 is 4.74 Å². The third-order valence-corrected chi connectivity index (χ3v) is 4.23. The molecule has 0 saturated carbocycles. The number of carbonyl (C=O) groups excluding carboxylic acids is 1. The highest BCUT2D eigenvalue weighted by Crippen LogP contribution is 2.24. The molecule has 1 heterocycles. The molecule has 0 radical (unpaired) electrons. The number of allylic oxidation sites excluding steroid dienone is 2. The van der Waals surface area contributed by atoms with Gasteiger partial charge in [-0.2, -0.15) is 0 Å². The first-order chi connectivity index (χ1) is 13.3. The lowest BCUT2D eigenvalue weighted by Crippen LogP contribution is -2.29. The van der Waals surface area contributed by atoms with Crippen LogP contribution in [0.3, 0.4) is 0 Å². The smallest absolute Gasteiger partial charge is 0.259 e. The fraction of sp³-hybridized carbons (Fsp3) is 0.478. The van der Waals surface area contributed by atoms with E-state index in [9.17, 15) is 4.79 Å². The van der Waals surface area contributed by atoms with Gasteiger partial charge in [0.1, 0.15) is 5.75 Å². The van der Waals surface area contributed by atoms with Crippen molar-refractivity contribution in [2.45, 2.75) is 60.8 Å². The summed E-state index contributed by atoms with van der Waals surface area (Å²) in [6.45, 7) is 12.8. The molecule has 1 aromatic rings. The maximum absolute atomic E-state index is 11.9. The molecule has 4 nitrogen and oxygen atoms in total. The second kappa shape index (κ2) is 15.0. The lowest BCUT2D eigenvalue weighted by molar-refractivity contribution is -0.123. The van der Waals surface area contributed by atoms with Gasteiger partial charge >= 0.3 is 0 Å². The monoisotopic (exact) mass is 404 g/mol. The molecule has 156 valence electrons. The molecule has 1 aliphatic heterocycles. The predicted octanol–water partition coefficient (Wildman–Crippen LogP) is 6.27. The van der Waals surface area contributed by atoms with Crippen molar-refractivity contribution in [3.05, 3.63) is 46.7 Å². The van der Waals surface area contributed by atoms with Gasteiger partial charge in [-0.3, -0.25) is 14.1 Å². The maximum Gasteiger partial charge on any atom is 0.259 e. The summed E-state index contributed by atoms with van der Waals surface area (Å²) >= 11 is 4.16. The molecule has 0 spiro atoms. The average molecular weight is 405 g/mol. The molecule has 0 unspecified atom stereocenters. The standard InChI is InChI=1S/C14H17NO2S.C6H11N.C3H8/c1-10-5-6-11(9-13(10)17-2)8-12-4-3-7-15(18)14(12)16;1-4-6(3)7-5-2;1-3-2/h5-6,8-9,18H,3-4,7H2,1-2H3;4-5H,1-3H3;3H2,1-2H3/b12-8+;6-4-,7-5?;. The van der Waals surface area contributed by atoms with E-state index in [0.29, 0.717) is 0 Å². The molecule has 0 aromatic heterocycles. The van der Waals surface area contributed by atoms with Crippen LogP contribution in [0.4, 0.5) is 0 Å². The Kier molecular flexibility index (Phi) is 13.9. The zero-order valence-corrected chi connectivity index (χ0v) is 19.3. The Morgan fingerprint density at radius 3 is 2.46 bits per heavy atom. The van der Waals surface area contributed by atoms with E-state index >= 15 is 0 Å². The molecule has 0 bridgehead atoms. The number of thiol groups is 1. The van der Waals surface area contributed by atoms with Crippen LogP contribution in [0, 0.1) is 6.92 Å². The van der Waals surface area contributed by atoms with Gasteiger partial charge in [0, 0.05) is 24.0 Å². The largest absolute Gasteiger partial charge is 0.496 e. The van der Waals surface area contributed by atoms with Crippen LogP contribution < -0.4 is 4.74 Å². The lowest BCUT2D eigenvalue weighted by Gasteiger charge is -2.22.